The molecule has 0 aromatic heterocycles. The molecule has 17 heavy (non-hydrogen) atoms. The molecule has 2 amide bonds. The van der Waals surface area contributed by atoms with Gasteiger partial charge in [-0.15, -0.1) is 0 Å². The standard InChI is InChI=1S/C12H19N3O2/c1-2-9-3-5-10(6-4-9)15-12(17)11(16)14-8-7-13/h9-10H,2-6,8H2,1H3,(H,14,16)(H,15,17). The number of hydrogen-bond acceptors (Lipinski definition) is 3. The summed E-state index contributed by atoms with van der Waals surface area (Å²) >= 11 is 0. The van der Waals surface area contributed by atoms with Crippen molar-refractivity contribution in [2.24, 2.45) is 5.92 Å². The van der Waals surface area contributed by atoms with Gasteiger partial charge in [0.15, 0.2) is 0 Å². The Kier molecular flexibility index (Phi) is 5.47. The van der Waals surface area contributed by atoms with Gasteiger partial charge >= 0.3 is 11.8 Å². The monoisotopic (exact) mass is 237 g/mol. The van der Waals surface area contributed by atoms with Crippen LogP contribution in [0.5, 0.6) is 0 Å². The summed E-state index contributed by atoms with van der Waals surface area (Å²) in [6.07, 6.45) is 5.29. The van der Waals surface area contributed by atoms with Crippen LogP contribution in [0.4, 0.5) is 0 Å². The zero-order chi connectivity index (χ0) is 12.7. The summed E-state index contributed by atoms with van der Waals surface area (Å²) in [5, 5.41) is 13.2. The molecule has 0 spiro atoms. The van der Waals surface area contributed by atoms with Gasteiger partial charge < -0.3 is 10.6 Å². The summed E-state index contributed by atoms with van der Waals surface area (Å²) in [6.45, 7) is 2.05. The van der Waals surface area contributed by atoms with Crippen LogP contribution in [0.3, 0.4) is 0 Å². The van der Waals surface area contributed by atoms with E-state index in [1.54, 1.807) is 6.07 Å². The molecule has 1 aliphatic rings. The van der Waals surface area contributed by atoms with Crippen LogP contribution in [0, 0.1) is 17.2 Å². The van der Waals surface area contributed by atoms with Gasteiger partial charge in [-0.1, -0.05) is 13.3 Å². The minimum atomic E-state index is -0.718. The molecule has 5 nitrogen and oxygen atoms in total. The second-order valence-electron chi connectivity index (χ2n) is 4.44. The third-order valence-electron chi connectivity index (χ3n) is 3.29. The second-order valence-corrected chi connectivity index (χ2v) is 4.44. The first-order valence-corrected chi connectivity index (χ1v) is 6.13. The fourth-order valence-electron chi connectivity index (χ4n) is 2.17. The molecule has 0 aromatic rings. The van der Waals surface area contributed by atoms with E-state index in [1.807, 2.05) is 0 Å². The van der Waals surface area contributed by atoms with Crippen molar-refractivity contribution >= 4 is 11.8 Å². The summed E-state index contributed by atoms with van der Waals surface area (Å²) in [6, 6.07) is 1.87. The maximum absolute atomic E-state index is 11.4. The minimum absolute atomic E-state index is 0.109. The van der Waals surface area contributed by atoms with Crippen LogP contribution >= 0.6 is 0 Å². The second kappa shape index (κ2) is 6.89. The lowest BCUT2D eigenvalue weighted by molar-refractivity contribution is -0.139. The lowest BCUT2D eigenvalue weighted by Crippen LogP contribution is -2.45. The van der Waals surface area contributed by atoms with Crippen molar-refractivity contribution in [3.05, 3.63) is 0 Å². The summed E-state index contributed by atoms with van der Waals surface area (Å²) in [7, 11) is 0. The van der Waals surface area contributed by atoms with E-state index in [1.165, 1.54) is 6.42 Å². The van der Waals surface area contributed by atoms with E-state index >= 15 is 0 Å². The molecule has 94 valence electrons. The molecule has 0 aliphatic heterocycles. The molecular weight excluding hydrogens is 218 g/mol. The number of hydrogen-bond donors (Lipinski definition) is 2. The first-order chi connectivity index (χ1) is 8.17. The Morgan fingerprint density at radius 2 is 1.88 bits per heavy atom. The Morgan fingerprint density at radius 3 is 2.41 bits per heavy atom. The van der Waals surface area contributed by atoms with Crippen LogP contribution in [-0.2, 0) is 9.59 Å². The molecule has 0 unspecified atom stereocenters. The minimum Gasteiger partial charge on any atom is -0.345 e. The molecule has 2 N–H and O–H groups in total. The maximum Gasteiger partial charge on any atom is 0.310 e. The van der Waals surface area contributed by atoms with Crippen LogP contribution in [0.1, 0.15) is 39.0 Å². The van der Waals surface area contributed by atoms with Gasteiger partial charge in [-0.3, -0.25) is 9.59 Å². The Labute approximate surface area is 102 Å². The number of rotatable bonds is 3. The molecule has 1 fully saturated rings. The molecule has 0 heterocycles. The van der Waals surface area contributed by atoms with E-state index in [-0.39, 0.29) is 12.6 Å². The number of carbonyl (C=O) groups is 2. The summed E-state index contributed by atoms with van der Waals surface area (Å²) in [4.78, 5) is 22.7. The first kappa shape index (κ1) is 13.5. The molecule has 1 saturated carbocycles. The van der Waals surface area contributed by atoms with Gasteiger partial charge in [0.25, 0.3) is 0 Å². The molecule has 5 heteroatoms. The Bertz CT molecular complexity index is 314. The van der Waals surface area contributed by atoms with Crippen molar-refractivity contribution in [1.82, 2.24) is 10.6 Å². The van der Waals surface area contributed by atoms with Gasteiger partial charge in [0.2, 0.25) is 0 Å². The molecule has 0 radical (unpaired) electrons. The van der Waals surface area contributed by atoms with Gasteiger partial charge in [0.1, 0.15) is 6.54 Å². The van der Waals surface area contributed by atoms with Gasteiger partial charge in [-0.2, -0.15) is 5.26 Å². The van der Waals surface area contributed by atoms with Crippen molar-refractivity contribution in [3.8, 4) is 6.07 Å². The molecule has 0 saturated heterocycles. The van der Waals surface area contributed by atoms with Crippen molar-refractivity contribution < 1.29 is 9.59 Å². The third-order valence-corrected chi connectivity index (χ3v) is 3.29. The van der Waals surface area contributed by atoms with Crippen molar-refractivity contribution in [1.29, 1.82) is 5.26 Å². The summed E-state index contributed by atoms with van der Waals surface area (Å²) in [5.41, 5.74) is 0. The quantitative estimate of drug-likeness (QED) is 0.560. The lowest BCUT2D eigenvalue weighted by Gasteiger charge is -2.28. The van der Waals surface area contributed by atoms with E-state index in [9.17, 15) is 9.59 Å². The van der Waals surface area contributed by atoms with Gasteiger partial charge in [-0.05, 0) is 31.6 Å². The van der Waals surface area contributed by atoms with Crippen molar-refractivity contribution in [2.45, 2.75) is 45.1 Å². The molecule has 0 bridgehead atoms. The van der Waals surface area contributed by atoms with Gasteiger partial charge in [0.05, 0.1) is 6.07 Å². The fourth-order valence-corrected chi connectivity index (χ4v) is 2.17. The number of nitriles is 1. The highest BCUT2D eigenvalue weighted by atomic mass is 16.2. The highest BCUT2D eigenvalue weighted by Crippen LogP contribution is 2.26. The number of nitrogens with zero attached hydrogens (tertiary/aromatic N) is 1. The van der Waals surface area contributed by atoms with E-state index in [2.05, 4.69) is 17.6 Å². The predicted octanol–water partition coefficient (Wildman–Crippen LogP) is 0.711. The molecule has 1 rings (SSSR count). The highest BCUT2D eigenvalue weighted by Gasteiger charge is 2.23. The topological polar surface area (TPSA) is 82.0 Å². The van der Waals surface area contributed by atoms with Crippen molar-refractivity contribution in [3.63, 3.8) is 0 Å². The molecule has 1 aliphatic carbocycles. The molecule has 0 atom stereocenters. The zero-order valence-corrected chi connectivity index (χ0v) is 10.2. The maximum atomic E-state index is 11.4. The van der Waals surface area contributed by atoms with Crippen LogP contribution in [0.15, 0.2) is 0 Å². The smallest absolute Gasteiger partial charge is 0.310 e. The first-order valence-electron chi connectivity index (χ1n) is 6.13. The average Bonchev–Trinajstić information content (AvgIpc) is 2.36. The van der Waals surface area contributed by atoms with Crippen LogP contribution in [-0.4, -0.2) is 24.4 Å². The van der Waals surface area contributed by atoms with E-state index in [0.717, 1.165) is 31.6 Å². The van der Waals surface area contributed by atoms with Gasteiger partial charge in [-0.25, -0.2) is 0 Å². The van der Waals surface area contributed by atoms with Crippen LogP contribution in [0.25, 0.3) is 0 Å². The van der Waals surface area contributed by atoms with E-state index in [0.29, 0.717) is 0 Å². The van der Waals surface area contributed by atoms with E-state index in [4.69, 9.17) is 5.26 Å². The zero-order valence-electron chi connectivity index (χ0n) is 10.2. The normalized spacial score (nSPS) is 23.5. The SMILES string of the molecule is CCC1CCC(NC(=O)C(=O)NCC#N)CC1. The van der Waals surface area contributed by atoms with Crippen LogP contribution in [0.2, 0.25) is 0 Å². The number of amides is 2. The average molecular weight is 237 g/mol. The lowest BCUT2D eigenvalue weighted by atomic mass is 9.84. The highest BCUT2D eigenvalue weighted by molar-refractivity contribution is 6.35. The largest absolute Gasteiger partial charge is 0.345 e. The summed E-state index contributed by atoms with van der Waals surface area (Å²) in [5.74, 6) is -0.583. The van der Waals surface area contributed by atoms with Crippen LogP contribution < -0.4 is 10.6 Å². The third kappa shape index (κ3) is 4.43. The van der Waals surface area contributed by atoms with Crippen molar-refractivity contribution in [2.75, 3.05) is 6.54 Å². The number of carbonyl (C=O) groups excluding carboxylic acids is 2. The summed E-state index contributed by atoms with van der Waals surface area (Å²) < 4.78 is 0. The Morgan fingerprint density at radius 1 is 1.24 bits per heavy atom. The Balaban J connectivity index is 2.28. The van der Waals surface area contributed by atoms with E-state index < -0.39 is 11.8 Å². The molecular formula is C12H19N3O2. The fraction of sp³-hybridized carbons (Fsp3) is 0.750. The van der Waals surface area contributed by atoms with Gasteiger partial charge in [0, 0.05) is 6.04 Å². The Hall–Kier alpha value is -1.57. The molecule has 0 aromatic carbocycles. The number of nitrogens with one attached hydrogen (secondary N) is 2. The predicted molar refractivity (Wildman–Crippen MR) is 62.8 cm³/mol.